The molecule has 0 bridgehead atoms. The van der Waals surface area contributed by atoms with Crippen LogP contribution in [0.15, 0.2) is 40.5 Å². The van der Waals surface area contributed by atoms with Gasteiger partial charge >= 0.3 is 0 Å². The molecule has 6 nitrogen and oxygen atoms in total. The normalized spacial score (nSPS) is 11.6. The maximum absolute atomic E-state index is 12.9. The van der Waals surface area contributed by atoms with Crippen LogP contribution in [-0.4, -0.2) is 39.6 Å². The summed E-state index contributed by atoms with van der Waals surface area (Å²) in [5.41, 5.74) is 0. The van der Waals surface area contributed by atoms with E-state index in [9.17, 15) is 4.39 Å². The molecule has 1 aromatic carbocycles. The van der Waals surface area contributed by atoms with Crippen LogP contribution in [0.25, 0.3) is 0 Å². The van der Waals surface area contributed by atoms with E-state index < -0.39 is 0 Å². The molecule has 136 valence electrons. The van der Waals surface area contributed by atoms with Crippen LogP contribution in [-0.2, 0) is 13.1 Å². The SMILES string of the molecule is CCNC(=NCc1nncn1CC)NCCCSc1ccc(F)cc1. The van der Waals surface area contributed by atoms with Crippen LogP contribution < -0.4 is 10.6 Å². The molecule has 0 radical (unpaired) electrons. The average molecular weight is 364 g/mol. The maximum atomic E-state index is 12.9. The molecule has 0 amide bonds. The molecule has 0 aliphatic carbocycles. The highest BCUT2D eigenvalue weighted by Gasteiger charge is 2.03. The zero-order valence-corrected chi connectivity index (χ0v) is 15.5. The van der Waals surface area contributed by atoms with Crippen molar-refractivity contribution in [1.29, 1.82) is 0 Å². The van der Waals surface area contributed by atoms with E-state index in [0.29, 0.717) is 6.54 Å². The third-order valence-electron chi connectivity index (χ3n) is 3.46. The number of nitrogens with one attached hydrogen (secondary N) is 2. The van der Waals surface area contributed by atoms with Crippen LogP contribution in [0, 0.1) is 5.82 Å². The highest BCUT2D eigenvalue weighted by Crippen LogP contribution is 2.18. The molecule has 0 unspecified atom stereocenters. The lowest BCUT2D eigenvalue weighted by molar-refractivity contribution is 0.626. The van der Waals surface area contributed by atoms with E-state index in [1.807, 2.05) is 23.6 Å². The molecule has 8 heteroatoms. The van der Waals surface area contributed by atoms with Gasteiger partial charge in [-0.15, -0.1) is 22.0 Å². The molecule has 2 N–H and O–H groups in total. The van der Waals surface area contributed by atoms with Crippen molar-refractivity contribution in [3.05, 3.63) is 42.2 Å². The van der Waals surface area contributed by atoms with Gasteiger partial charge in [0, 0.05) is 24.5 Å². The number of aromatic nitrogens is 3. The summed E-state index contributed by atoms with van der Waals surface area (Å²) in [6.07, 6.45) is 2.70. The molecular weight excluding hydrogens is 339 g/mol. The van der Waals surface area contributed by atoms with Crippen LogP contribution in [0.5, 0.6) is 0 Å². The zero-order chi connectivity index (χ0) is 17.9. The van der Waals surface area contributed by atoms with Crippen LogP contribution in [0.1, 0.15) is 26.1 Å². The number of rotatable bonds is 9. The standard InChI is InChI=1S/C17H25FN6S/c1-3-19-17(21-12-16-23-22-13-24(16)4-2)20-10-5-11-25-15-8-6-14(18)7-9-15/h6-9,13H,3-5,10-12H2,1-2H3,(H2,19,20,21). The molecular formula is C17H25FN6S. The zero-order valence-electron chi connectivity index (χ0n) is 14.7. The van der Waals surface area contributed by atoms with Gasteiger partial charge in [-0.05, 0) is 50.3 Å². The summed E-state index contributed by atoms with van der Waals surface area (Å²) in [7, 11) is 0. The summed E-state index contributed by atoms with van der Waals surface area (Å²) < 4.78 is 14.8. The molecule has 0 fully saturated rings. The molecule has 0 aliphatic heterocycles. The van der Waals surface area contributed by atoms with E-state index in [1.165, 1.54) is 12.1 Å². The van der Waals surface area contributed by atoms with Gasteiger partial charge in [0.1, 0.15) is 18.7 Å². The van der Waals surface area contributed by atoms with E-state index in [2.05, 4.69) is 32.7 Å². The van der Waals surface area contributed by atoms with E-state index in [-0.39, 0.29) is 5.82 Å². The van der Waals surface area contributed by atoms with E-state index in [1.54, 1.807) is 18.1 Å². The minimum Gasteiger partial charge on any atom is -0.357 e. The number of aliphatic imine (C=N–C) groups is 1. The molecule has 2 rings (SSSR count). The van der Waals surface area contributed by atoms with Crippen molar-refractivity contribution in [3.8, 4) is 0 Å². The quantitative estimate of drug-likeness (QED) is 0.310. The highest BCUT2D eigenvalue weighted by atomic mass is 32.2. The number of nitrogens with zero attached hydrogens (tertiary/aromatic N) is 4. The molecule has 0 spiro atoms. The summed E-state index contributed by atoms with van der Waals surface area (Å²) in [5.74, 6) is 2.39. The molecule has 0 saturated carbocycles. The third-order valence-corrected chi connectivity index (χ3v) is 4.55. The number of aryl methyl sites for hydroxylation is 1. The molecule has 0 atom stereocenters. The predicted molar refractivity (Wildman–Crippen MR) is 100 cm³/mol. The first-order valence-electron chi connectivity index (χ1n) is 8.50. The molecule has 1 heterocycles. The van der Waals surface area contributed by atoms with Crippen molar-refractivity contribution in [1.82, 2.24) is 25.4 Å². The average Bonchev–Trinajstić information content (AvgIpc) is 3.08. The predicted octanol–water partition coefficient (Wildman–Crippen LogP) is 2.67. The first-order valence-corrected chi connectivity index (χ1v) is 9.48. The van der Waals surface area contributed by atoms with E-state index in [4.69, 9.17) is 0 Å². The Morgan fingerprint density at radius 3 is 2.76 bits per heavy atom. The van der Waals surface area contributed by atoms with Gasteiger partial charge < -0.3 is 15.2 Å². The molecule has 1 aromatic heterocycles. The Morgan fingerprint density at radius 2 is 2.04 bits per heavy atom. The minimum absolute atomic E-state index is 0.198. The first kappa shape index (κ1) is 19.2. The summed E-state index contributed by atoms with van der Waals surface area (Å²) in [6, 6.07) is 6.60. The van der Waals surface area contributed by atoms with Crippen LogP contribution in [0.2, 0.25) is 0 Å². The Labute approximate surface area is 152 Å². The fourth-order valence-electron chi connectivity index (χ4n) is 2.16. The number of hydrogen-bond donors (Lipinski definition) is 2. The van der Waals surface area contributed by atoms with Crippen molar-refractivity contribution in [2.24, 2.45) is 4.99 Å². The number of hydrogen-bond acceptors (Lipinski definition) is 4. The Kier molecular flexibility index (Phi) is 8.24. The Hall–Kier alpha value is -2.09. The second kappa shape index (κ2) is 10.7. The van der Waals surface area contributed by atoms with Crippen LogP contribution in [0.3, 0.4) is 0 Å². The number of guanidine groups is 1. The van der Waals surface area contributed by atoms with Crippen molar-refractivity contribution >= 4 is 17.7 Å². The summed E-state index contributed by atoms with van der Waals surface area (Å²) in [6.45, 7) is 7.04. The van der Waals surface area contributed by atoms with Gasteiger partial charge in [0.25, 0.3) is 0 Å². The number of thioether (sulfide) groups is 1. The Balaban J connectivity index is 1.73. The summed E-state index contributed by atoms with van der Waals surface area (Å²) in [5, 5.41) is 14.6. The van der Waals surface area contributed by atoms with E-state index >= 15 is 0 Å². The summed E-state index contributed by atoms with van der Waals surface area (Å²) >= 11 is 1.72. The lowest BCUT2D eigenvalue weighted by Gasteiger charge is -2.11. The number of halogens is 1. The monoisotopic (exact) mass is 364 g/mol. The van der Waals surface area contributed by atoms with Gasteiger partial charge in [0.05, 0.1) is 0 Å². The third kappa shape index (κ3) is 6.74. The van der Waals surface area contributed by atoms with E-state index in [0.717, 1.165) is 48.5 Å². The van der Waals surface area contributed by atoms with Crippen LogP contribution >= 0.6 is 11.8 Å². The molecule has 0 saturated heterocycles. The van der Waals surface area contributed by atoms with Gasteiger partial charge in [0.15, 0.2) is 11.8 Å². The largest absolute Gasteiger partial charge is 0.357 e. The Bertz CT molecular complexity index is 655. The second-order valence-electron chi connectivity index (χ2n) is 5.31. The molecule has 0 aliphatic rings. The van der Waals surface area contributed by atoms with Crippen molar-refractivity contribution < 1.29 is 4.39 Å². The van der Waals surface area contributed by atoms with Gasteiger partial charge in [-0.1, -0.05) is 0 Å². The maximum Gasteiger partial charge on any atom is 0.191 e. The van der Waals surface area contributed by atoms with Gasteiger partial charge in [-0.3, -0.25) is 0 Å². The lowest BCUT2D eigenvalue weighted by Crippen LogP contribution is -2.38. The van der Waals surface area contributed by atoms with Crippen molar-refractivity contribution in [3.63, 3.8) is 0 Å². The molecule has 25 heavy (non-hydrogen) atoms. The first-order chi connectivity index (χ1) is 12.2. The molecule has 2 aromatic rings. The summed E-state index contributed by atoms with van der Waals surface area (Å²) in [4.78, 5) is 5.64. The highest BCUT2D eigenvalue weighted by molar-refractivity contribution is 7.99. The fraction of sp³-hybridized carbons (Fsp3) is 0.471. The van der Waals surface area contributed by atoms with Crippen molar-refractivity contribution in [2.75, 3.05) is 18.8 Å². The van der Waals surface area contributed by atoms with Gasteiger partial charge in [-0.25, -0.2) is 9.38 Å². The number of benzene rings is 1. The van der Waals surface area contributed by atoms with Crippen LogP contribution in [0.4, 0.5) is 4.39 Å². The second-order valence-corrected chi connectivity index (χ2v) is 6.48. The topological polar surface area (TPSA) is 67.1 Å². The van der Waals surface area contributed by atoms with Gasteiger partial charge in [0.2, 0.25) is 0 Å². The minimum atomic E-state index is -0.198. The fourth-order valence-corrected chi connectivity index (χ4v) is 3.01. The smallest absolute Gasteiger partial charge is 0.191 e. The lowest BCUT2D eigenvalue weighted by atomic mass is 10.4. The van der Waals surface area contributed by atoms with Crippen molar-refractivity contribution in [2.45, 2.75) is 38.3 Å². The Morgan fingerprint density at radius 1 is 1.24 bits per heavy atom. The van der Waals surface area contributed by atoms with Gasteiger partial charge in [-0.2, -0.15) is 0 Å².